The van der Waals surface area contributed by atoms with E-state index in [0.717, 1.165) is 22.7 Å². The number of aliphatic carboxylic acids is 1. The summed E-state index contributed by atoms with van der Waals surface area (Å²) < 4.78 is 49.0. The minimum absolute atomic E-state index is 0.0544. The largest absolute Gasteiger partial charge is 0.497 e. The van der Waals surface area contributed by atoms with Crippen molar-refractivity contribution >= 4 is 21.7 Å². The monoisotopic (exact) mass is 397 g/mol. The summed E-state index contributed by atoms with van der Waals surface area (Å²) in [6, 6.07) is 7.94. The Morgan fingerprint density at radius 3 is 2.26 bits per heavy atom. The maximum absolute atomic E-state index is 13.2. The Morgan fingerprint density at radius 2 is 1.78 bits per heavy atom. The van der Waals surface area contributed by atoms with Crippen molar-refractivity contribution in [3.63, 3.8) is 0 Å². The van der Waals surface area contributed by atoms with Gasteiger partial charge >= 0.3 is 5.97 Å². The van der Waals surface area contributed by atoms with Crippen molar-refractivity contribution in [1.29, 1.82) is 0 Å². The molecule has 0 amide bonds. The molecule has 0 spiro atoms. The predicted octanol–water partition coefficient (Wildman–Crippen LogP) is 2.30. The number of halogens is 1. The van der Waals surface area contributed by atoms with Crippen LogP contribution in [0.4, 0.5) is 10.1 Å². The van der Waals surface area contributed by atoms with Crippen LogP contribution in [0.2, 0.25) is 0 Å². The van der Waals surface area contributed by atoms with Crippen molar-refractivity contribution in [2.75, 3.05) is 24.8 Å². The minimum Gasteiger partial charge on any atom is -0.497 e. The van der Waals surface area contributed by atoms with Crippen LogP contribution in [0.5, 0.6) is 11.5 Å². The molecule has 0 aromatic heterocycles. The van der Waals surface area contributed by atoms with Gasteiger partial charge in [-0.05, 0) is 35.9 Å². The van der Waals surface area contributed by atoms with E-state index >= 15 is 0 Å². The molecule has 2 aromatic carbocycles. The van der Waals surface area contributed by atoms with Gasteiger partial charge in [-0.25, -0.2) is 17.6 Å². The summed E-state index contributed by atoms with van der Waals surface area (Å²) in [5, 5.41) is 9.70. The molecule has 0 unspecified atom stereocenters. The molecule has 1 atom stereocenters. The fourth-order valence-electron chi connectivity index (χ4n) is 2.69. The number of ether oxygens (including phenoxy) is 2. The molecule has 0 saturated heterocycles. The number of nitrogens with zero attached hydrogens (tertiary/aromatic N) is 1. The number of carboxylic acid groups (broad SMARTS) is 1. The number of carboxylic acids is 1. The smallest absolute Gasteiger partial charge is 0.327 e. The molecule has 0 heterocycles. The van der Waals surface area contributed by atoms with Crippen LogP contribution in [0.1, 0.15) is 5.56 Å². The van der Waals surface area contributed by atoms with Gasteiger partial charge in [0.2, 0.25) is 10.0 Å². The van der Waals surface area contributed by atoms with Crippen LogP contribution in [-0.2, 0) is 21.2 Å². The van der Waals surface area contributed by atoms with Crippen LogP contribution in [0.3, 0.4) is 0 Å². The zero-order chi connectivity index (χ0) is 20.2. The lowest BCUT2D eigenvalue weighted by Gasteiger charge is -2.29. The van der Waals surface area contributed by atoms with E-state index in [-0.39, 0.29) is 12.1 Å². The summed E-state index contributed by atoms with van der Waals surface area (Å²) in [6.45, 7) is 0. The summed E-state index contributed by atoms with van der Waals surface area (Å²) >= 11 is 0. The molecule has 2 aromatic rings. The average molecular weight is 397 g/mol. The van der Waals surface area contributed by atoms with Crippen molar-refractivity contribution in [3.8, 4) is 11.5 Å². The van der Waals surface area contributed by atoms with Gasteiger partial charge in [-0.1, -0.05) is 6.07 Å². The predicted molar refractivity (Wildman–Crippen MR) is 98.4 cm³/mol. The van der Waals surface area contributed by atoms with Gasteiger partial charge in [0, 0.05) is 12.5 Å². The van der Waals surface area contributed by atoms with Gasteiger partial charge in [0.25, 0.3) is 0 Å². The number of sulfonamides is 1. The normalized spacial score (nSPS) is 12.3. The first kappa shape index (κ1) is 20.5. The highest BCUT2D eigenvalue weighted by molar-refractivity contribution is 7.92. The first-order chi connectivity index (χ1) is 12.7. The van der Waals surface area contributed by atoms with Crippen LogP contribution in [0.25, 0.3) is 0 Å². The maximum atomic E-state index is 13.2. The standard InChI is InChI=1S/C18H20FNO6S/c1-25-15-9-4-12(17(11-15)26-2)10-16(18(21)22)20(27(3,23)24)14-7-5-13(19)6-8-14/h4-9,11,16H,10H2,1-3H3,(H,21,22)/t16-/m1/s1. The maximum Gasteiger partial charge on any atom is 0.327 e. The second kappa shape index (κ2) is 8.26. The third-order valence-electron chi connectivity index (χ3n) is 3.91. The van der Waals surface area contributed by atoms with Gasteiger partial charge in [0.15, 0.2) is 0 Å². The lowest BCUT2D eigenvalue weighted by atomic mass is 10.0. The van der Waals surface area contributed by atoms with Crippen LogP contribution >= 0.6 is 0 Å². The Hall–Kier alpha value is -2.81. The second-order valence-electron chi connectivity index (χ2n) is 5.77. The van der Waals surface area contributed by atoms with E-state index in [0.29, 0.717) is 17.1 Å². The number of hydrogen-bond donors (Lipinski definition) is 1. The molecule has 0 aliphatic rings. The minimum atomic E-state index is -3.96. The van der Waals surface area contributed by atoms with Crippen molar-refractivity contribution in [3.05, 3.63) is 53.8 Å². The molecular formula is C18H20FNO6S. The fourth-order valence-corrected chi connectivity index (χ4v) is 3.82. The zero-order valence-corrected chi connectivity index (χ0v) is 15.9. The molecule has 2 rings (SSSR count). The third-order valence-corrected chi connectivity index (χ3v) is 5.09. The molecule has 1 N–H and O–H groups in total. The van der Waals surface area contributed by atoms with Gasteiger partial charge in [0.1, 0.15) is 23.4 Å². The van der Waals surface area contributed by atoms with Gasteiger partial charge < -0.3 is 14.6 Å². The summed E-state index contributed by atoms with van der Waals surface area (Å²) in [6.07, 6.45) is 0.741. The topological polar surface area (TPSA) is 93.1 Å². The Balaban J connectivity index is 2.50. The van der Waals surface area contributed by atoms with E-state index < -0.39 is 27.9 Å². The lowest BCUT2D eigenvalue weighted by Crippen LogP contribution is -2.46. The SMILES string of the molecule is COc1ccc(C[C@H](C(=O)O)N(c2ccc(F)cc2)S(C)(=O)=O)c(OC)c1. The molecule has 7 nitrogen and oxygen atoms in total. The van der Waals surface area contributed by atoms with E-state index in [9.17, 15) is 22.7 Å². The number of rotatable bonds is 8. The third kappa shape index (κ3) is 4.88. The number of anilines is 1. The van der Waals surface area contributed by atoms with Crippen molar-refractivity contribution in [1.82, 2.24) is 0 Å². The highest BCUT2D eigenvalue weighted by atomic mass is 32.2. The number of benzene rings is 2. The molecule has 9 heteroatoms. The molecule has 27 heavy (non-hydrogen) atoms. The van der Waals surface area contributed by atoms with Gasteiger partial charge in [-0.15, -0.1) is 0 Å². The number of methoxy groups -OCH3 is 2. The fraction of sp³-hybridized carbons (Fsp3) is 0.278. The Labute approximate surface area is 157 Å². The summed E-state index contributed by atoms with van der Waals surface area (Å²) in [5.41, 5.74) is 0.542. The molecule has 0 aliphatic heterocycles. The molecule has 0 fully saturated rings. The van der Waals surface area contributed by atoms with Gasteiger partial charge in [0.05, 0.1) is 26.2 Å². The molecule has 0 bridgehead atoms. The Bertz CT molecular complexity index is 914. The first-order valence-corrected chi connectivity index (χ1v) is 9.71. The van der Waals surface area contributed by atoms with Crippen LogP contribution in [0, 0.1) is 5.82 Å². The van der Waals surface area contributed by atoms with Crippen molar-refractivity contribution < 1.29 is 32.2 Å². The summed E-state index contributed by atoms with van der Waals surface area (Å²) in [7, 11) is -1.06. The highest BCUT2D eigenvalue weighted by Gasteiger charge is 2.33. The van der Waals surface area contributed by atoms with Crippen molar-refractivity contribution in [2.24, 2.45) is 0 Å². The summed E-state index contributed by atoms with van der Waals surface area (Å²) in [4.78, 5) is 11.9. The molecule has 0 radical (unpaired) electrons. The van der Waals surface area contributed by atoms with Crippen molar-refractivity contribution in [2.45, 2.75) is 12.5 Å². The lowest BCUT2D eigenvalue weighted by molar-refractivity contribution is -0.138. The molecular weight excluding hydrogens is 377 g/mol. The van der Waals surface area contributed by atoms with E-state index in [1.807, 2.05) is 0 Å². The Kier molecular flexibility index (Phi) is 6.27. The molecule has 0 saturated carbocycles. The van der Waals surface area contributed by atoms with E-state index in [2.05, 4.69) is 0 Å². The van der Waals surface area contributed by atoms with E-state index in [1.54, 1.807) is 18.2 Å². The summed E-state index contributed by atoms with van der Waals surface area (Å²) in [5.74, 6) is -1.02. The number of carbonyl (C=O) groups is 1. The van der Waals surface area contributed by atoms with Crippen LogP contribution < -0.4 is 13.8 Å². The zero-order valence-electron chi connectivity index (χ0n) is 15.0. The van der Waals surface area contributed by atoms with Crippen LogP contribution in [0.15, 0.2) is 42.5 Å². The highest BCUT2D eigenvalue weighted by Crippen LogP contribution is 2.29. The van der Waals surface area contributed by atoms with E-state index in [4.69, 9.17) is 9.47 Å². The van der Waals surface area contributed by atoms with Crippen LogP contribution in [-0.4, -0.2) is 46.0 Å². The molecule has 0 aliphatic carbocycles. The van der Waals surface area contributed by atoms with E-state index in [1.165, 1.54) is 26.4 Å². The first-order valence-electron chi connectivity index (χ1n) is 7.86. The Morgan fingerprint density at radius 1 is 1.15 bits per heavy atom. The average Bonchev–Trinajstić information content (AvgIpc) is 2.61. The quantitative estimate of drug-likeness (QED) is 0.735. The molecule has 146 valence electrons. The van der Waals surface area contributed by atoms with Gasteiger partial charge in [-0.2, -0.15) is 0 Å². The van der Waals surface area contributed by atoms with Gasteiger partial charge in [-0.3, -0.25) is 4.31 Å². The number of hydrogen-bond acceptors (Lipinski definition) is 5. The second-order valence-corrected chi connectivity index (χ2v) is 7.63.